The second-order valence-electron chi connectivity index (χ2n) is 6.10. The highest BCUT2D eigenvalue weighted by molar-refractivity contribution is 7.92. The minimum atomic E-state index is -4.01. The molecule has 1 heterocycles. The molecule has 0 aliphatic heterocycles. The van der Waals surface area contributed by atoms with Gasteiger partial charge in [0.2, 0.25) is 0 Å². The summed E-state index contributed by atoms with van der Waals surface area (Å²) in [4.78, 5) is 3.96. The van der Waals surface area contributed by atoms with Crippen LogP contribution in [0.4, 0.5) is 10.1 Å². The first-order chi connectivity index (χ1) is 13.0. The zero-order valence-electron chi connectivity index (χ0n) is 14.2. The van der Waals surface area contributed by atoms with E-state index in [1.165, 1.54) is 18.2 Å². The molecular formula is C20H16FN3O2S. The number of fused-ring (bicyclic) bond motifs is 1. The number of sulfonamides is 1. The summed E-state index contributed by atoms with van der Waals surface area (Å²) in [5, 5.41) is 0. The standard InChI is InChI=1S/C20H16FN3O2S/c21-17-8-4-5-9-20(17)27(25,26)23-16-10-11-19-18(12-16)22-14-24(19)13-15-6-2-1-3-7-15/h1-12,14,23H,13H2. The van der Waals surface area contributed by atoms with Crippen molar-refractivity contribution in [1.82, 2.24) is 9.55 Å². The Morgan fingerprint density at radius 1 is 0.963 bits per heavy atom. The van der Waals surface area contributed by atoms with E-state index in [9.17, 15) is 12.8 Å². The molecule has 0 unspecified atom stereocenters. The number of hydrogen-bond acceptors (Lipinski definition) is 3. The van der Waals surface area contributed by atoms with Gasteiger partial charge >= 0.3 is 0 Å². The molecule has 1 N–H and O–H groups in total. The largest absolute Gasteiger partial charge is 0.326 e. The van der Waals surface area contributed by atoms with Crippen LogP contribution in [0.15, 0.2) is 84.0 Å². The van der Waals surface area contributed by atoms with Gasteiger partial charge in [-0.15, -0.1) is 0 Å². The maximum absolute atomic E-state index is 13.8. The van der Waals surface area contributed by atoms with Crippen LogP contribution in [-0.4, -0.2) is 18.0 Å². The fourth-order valence-corrected chi connectivity index (χ4v) is 4.04. The fraction of sp³-hybridized carbons (Fsp3) is 0.0500. The summed E-state index contributed by atoms with van der Waals surface area (Å²) in [6.45, 7) is 0.664. The summed E-state index contributed by atoms with van der Waals surface area (Å²) < 4.78 is 43.1. The summed E-state index contributed by atoms with van der Waals surface area (Å²) in [7, 11) is -4.01. The lowest BCUT2D eigenvalue weighted by atomic mass is 10.2. The first kappa shape index (κ1) is 17.2. The van der Waals surface area contributed by atoms with Gasteiger partial charge in [0.15, 0.2) is 0 Å². The van der Waals surface area contributed by atoms with Gasteiger partial charge in [-0.2, -0.15) is 0 Å². The predicted molar refractivity (Wildman–Crippen MR) is 102 cm³/mol. The van der Waals surface area contributed by atoms with Gasteiger partial charge in [0.25, 0.3) is 10.0 Å². The first-order valence-corrected chi connectivity index (χ1v) is 9.77. The van der Waals surface area contributed by atoms with E-state index >= 15 is 0 Å². The summed E-state index contributed by atoms with van der Waals surface area (Å²) in [5.41, 5.74) is 3.00. The molecule has 0 saturated heterocycles. The molecule has 0 aliphatic rings. The van der Waals surface area contributed by atoms with Crippen molar-refractivity contribution in [2.45, 2.75) is 11.4 Å². The van der Waals surface area contributed by atoms with E-state index in [0.29, 0.717) is 17.7 Å². The van der Waals surface area contributed by atoms with E-state index < -0.39 is 15.8 Å². The van der Waals surface area contributed by atoms with Crippen LogP contribution in [0, 0.1) is 5.82 Å². The molecule has 4 aromatic rings. The molecule has 7 heteroatoms. The van der Waals surface area contributed by atoms with Crippen LogP contribution >= 0.6 is 0 Å². The zero-order chi connectivity index (χ0) is 18.9. The molecule has 1 aromatic heterocycles. The summed E-state index contributed by atoms with van der Waals surface area (Å²) in [6.07, 6.45) is 1.72. The third kappa shape index (κ3) is 3.54. The van der Waals surface area contributed by atoms with Crippen molar-refractivity contribution in [1.29, 1.82) is 0 Å². The van der Waals surface area contributed by atoms with Crippen LogP contribution in [0.1, 0.15) is 5.56 Å². The van der Waals surface area contributed by atoms with Crippen molar-refractivity contribution >= 4 is 26.7 Å². The molecule has 0 saturated carbocycles. The number of nitrogens with zero attached hydrogens (tertiary/aromatic N) is 2. The Morgan fingerprint density at radius 3 is 2.48 bits per heavy atom. The molecule has 27 heavy (non-hydrogen) atoms. The van der Waals surface area contributed by atoms with Crippen molar-refractivity contribution in [2.75, 3.05) is 4.72 Å². The Bertz CT molecular complexity index is 1200. The van der Waals surface area contributed by atoms with Crippen molar-refractivity contribution in [2.24, 2.45) is 0 Å². The maximum Gasteiger partial charge on any atom is 0.264 e. The molecule has 0 spiro atoms. The molecule has 0 fully saturated rings. The zero-order valence-corrected chi connectivity index (χ0v) is 15.0. The molecule has 0 radical (unpaired) electrons. The fourth-order valence-electron chi connectivity index (χ4n) is 2.91. The smallest absolute Gasteiger partial charge is 0.264 e. The second kappa shape index (κ2) is 6.85. The van der Waals surface area contributed by atoms with E-state index in [4.69, 9.17) is 0 Å². The van der Waals surface area contributed by atoms with Crippen molar-refractivity contribution in [3.8, 4) is 0 Å². The molecule has 0 atom stereocenters. The normalized spacial score (nSPS) is 11.6. The predicted octanol–water partition coefficient (Wildman–Crippen LogP) is 4.02. The van der Waals surface area contributed by atoms with Crippen LogP contribution in [0.25, 0.3) is 11.0 Å². The maximum atomic E-state index is 13.8. The quantitative estimate of drug-likeness (QED) is 0.568. The number of anilines is 1. The van der Waals surface area contributed by atoms with Crippen molar-refractivity contribution in [3.63, 3.8) is 0 Å². The Balaban J connectivity index is 1.62. The SMILES string of the molecule is O=S(=O)(Nc1ccc2c(c1)ncn2Cc1ccccc1)c1ccccc1F. The van der Waals surface area contributed by atoms with Gasteiger partial charge in [0.1, 0.15) is 10.7 Å². The Labute approximate surface area is 156 Å². The van der Waals surface area contributed by atoms with Gasteiger partial charge in [-0.3, -0.25) is 4.72 Å². The number of rotatable bonds is 5. The van der Waals surface area contributed by atoms with Crippen molar-refractivity contribution < 1.29 is 12.8 Å². The molecule has 0 aliphatic carbocycles. The van der Waals surface area contributed by atoms with Crippen LogP contribution in [-0.2, 0) is 16.6 Å². The minimum absolute atomic E-state index is 0.329. The molecule has 0 amide bonds. The second-order valence-corrected chi connectivity index (χ2v) is 7.75. The highest BCUT2D eigenvalue weighted by atomic mass is 32.2. The number of aromatic nitrogens is 2. The Kier molecular flexibility index (Phi) is 4.37. The van der Waals surface area contributed by atoms with Gasteiger partial charge in [-0.1, -0.05) is 42.5 Å². The highest BCUT2D eigenvalue weighted by Gasteiger charge is 2.19. The molecule has 5 nitrogen and oxygen atoms in total. The molecule has 4 rings (SSSR count). The summed E-state index contributed by atoms with van der Waals surface area (Å²) in [6, 6.07) is 20.3. The average Bonchev–Trinajstić information content (AvgIpc) is 3.04. The number of imidazole rings is 1. The molecule has 0 bridgehead atoms. The van der Waals surface area contributed by atoms with Gasteiger partial charge in [-0.05, 0) is 35.9 Å². The lowest BCUT2D eigenvalue weighted by Gasteiger charge is -2.09. The lowest BCUT2D eigenvalue weighted by Crippen LogP contribution is -2.14. The van der Waals surface area contributed by atoms with Crippen LogP contribution in [0.3, 0.4) is 0 Å². The lowest BCUT2D eigenvalue weighted by molar-refractivity contribution is 0.570. The van der Waals surface area contributed by atoms with E-state index in [1.807, 2.05) is 34.9 Å². The van der Waals surface area contributed by atoms with E-state index in [-0.39, 0.29) is 4.90 Å². The number of hydrogen-bond donors (Lipinski definition) is 1. The summed E-state index contributed by atoms with van der Waals surface area (Å²) in [5.74, 6) is -0.793. The molecule has 136 valence electrons. The van der Waals surface area contributed by atoms with Crippen LogP contribution < -0.4 is 4.72 Å². The third-order valence-electron chi connectivity index (χ3n) is 4.20. The number of halogens is 1. The topological polar surface area (TPSA) is 64.0 Å². The van der Waals surface area contributed by atoms with Crippen LogP contribution in [0.5, 0.6) is 0 Å². The van der Waals surface area contributed by atoms with E-state index in [1.54, 1.807) is 24.5 Å². The Morgan fingerprint density at radius 2 is 1.70 bits per heavy atom. The monoisotopic (exact) mass is 381 g/mol. The van der Waals surface area contributed by atoms with Gasteiger partial charge < -0.3 is 4.57 Å². The van der Waals surface area contributed by atoms with Gasteiger partial charge in [0.05, 0.1) is 23.0 Å². The molecular weight excluding hydrogens is 365 g/mol. The van der Waals surface area contributed by atoms with Gasteiger partial charge in [-0.25, -0.2) is 17.8 Å². The summed E-state index contributed by atoms with van der Waals surface area (Å²) >= 11 is 0. The molecule has 3 aromatic carbocycles. The van der Waals surface area contributed by atoms with E-state index in [0.717, 1.165) is 17.1 Å². The third-order valence-corrected chi connectivity index (χ3v) is 5.61. The van der Waals surface area contributed by atoms with Crippen molar-refractivity contribution in [3.05, 3.63) is 90.5 Å². The van der Waals surface area contributed by atoms with Gasteiger partial charge in [0, 0.05) is 6.54 Å². The van der Waals surface area contributed by atoms with Crippen LogP contribution in [0.2, 0.25) is 0 Å². The van der Waals surface area contributed by atoms with E-state index in [2.05, 4.69) is 9.71 Å². The average molecular weight is 381 g/mol. The minimum Gasteiger partial charge on any atom is -0.326 e. The Hall–Kier alpha value is -3.19. The number of benzene rings is 3. The first-order valence-electron chi connectivity index (χ1n) is 8.29. The highest BCUT2D eigenvalue weighted by Crippen LogP contribution is 2.23. The number of nitrogens with one attached hydrogen (secondary N) is 1.